The molecule has 20 heavy (non-hydrogen) atoms. The molecule has 0 fully saturated rings. The van der Waals surface area contributed by atoms with Crippen molar-refractivity contribution in [3.63, 3.8) is 0 Å². The highest BCUT2D eigenvalue weighted by atomic mass is 35.5. The van der Waals surface area contributed by atoms with Crippen molar-refractivity contribution in [1.29, 1.82) is 0 Å². The largest absolute Gasteiger partial charge is 0.397 e. The standard InChI is InChI=1S/C15H15ClN2O2/c16-13-3-1-2-12(14(13)17)15(20)18-8-10-4-6-11(9-19)7-5-10/h1-7,19H,8-9,17H2,(H,18,20). The molecular formula is C15H15ClN2O2. The van der Waals surface area contributed by atoms with Gasteiger partial charge < -0.3 is 16.2 Å². The van der Waals surface area contributed by atoms with E-state index in [9.17, 15) is 4.79 Å². The predicted octanol–water partition coefficient (Wildman–Crippen LogP) is 2.34. The first kappa shape index (κ1) is 14.4. The second-order valence-electron chi connectivity index (χ2n) is 4.36. The number of nitrogen functional groups attached to an aromatic ring is 1. The molecule has 1 amide bonds. The van der Waals surface area contributed by atoms with Gasteiger partial charge >= 0.3 is 0 Å². The van der Waals surface area contributed by atoms with E-state index in [-0.39, 0.29) is 18.2 Å². The van der Waals surface area contributed by atoms with Crippen molar-refractivity contribution in [3.05, 3.63) is 64.2 Å². The first-order valence-corrected chi connectivity index (χ1v) is 6.50. The van der Waals surface area contributed by atoms with Crippen LogP contribution in [0.3, 0.4) is 0 Å². The normalized spacial score (nSPS) is 10.3. The zero-order valence-corrected chi connectivity index (χ0v) is 11.5. The van der Waals surface area contributed by atoms with Gasteiger partial charge in [0.1, 0.15) is 0 Å². The molecule has 0 spiro atoms. The van der Waals surface area contributed by atoms with Crippen molar-refractivity contribution < 1.29 is 9.90 Å². The van der Waals surface area contributed by atoms with Crippen LogP contribution >= 0.6 is 11.6 Å². The molecule has 5 heteroatoms. The van der Waals surface area contributed by atoms with Crippen LogP contribution < -0.4 is 11.1 Å². The van der Waals surface area contributed by atoms with Gasteiger partial charge in [-0.15, -0.1) is 0 Å². The molecule has 4 N–H and O–H groups in total. The Labute approximate surface area is 122 Å². The second kappa shape index (κ2) is 6.41. The third kappa shape index (κ3) is 3.29. The van der Waals surface area contributed by atoms with Gasteiger partial charge in [0.25, 0.3) is 5.91 Å². The SMILES string of the molecule is Nc1c(Cl)cccc1C(=O)NCc1ccc(CO)cc1. The summed E-state index contributed by atoms with van der Waals surface area (Å²) in [7, 11) is 0. The molecule has 0 aromatic heterocycles. The Morgan fingerprint density at radius 3 is 2.45 bits per heavy atom. The lowest BCUT2D eigenvalue weighted by molar-refractivity contribution is 0.0952. The van der Waals surface area contributed by atoms with Crippen LogP contribution in [0, 0.1) is 0 Å². The van der Waals surface area contributed by atoms with Crippen molar-refractivity contribution in [1.82, 2.24) is 5.32 Å². The smallest absolute Gasteiger partial charge is 0.253 e. The number of halogens is 1. The number of carbonyl (C=O) groups is 1. The summed E-state index contributed by atoms with van der Waals surface area (Å²) < 4.78 is 0. The van der Waals surface area contributed by atoms with Crippen molar-refractivity contribution >= 4 is 23.2 Å². The highest BCUT2D eigenvalue weighted by molar-refractivity contribution is 6.33. The zero-order valence-electron chi connectivity index (χ0n) is 10.8. The molecule has 0 aliphatic carbocycles. The predicted molar refractivity (Wildman–Crippen MR) is 79.4 cm³/mol. The first-order chi connectivity index (χ1) is 9.61. The van der Waals surface area contributed by atoms with E-state index < -0.39 is 0 Å². The molecule has 0 aliphatic rings. The fourth-order valence-electron chi connectivity index (χ4n) is 1.78. The molecule has 0 saturated carbocycles. The number of hydrogen-bond donors (Lipinski definition) is 3. The van der Waals surface area contributed by atoms with E-state index in [0.717, 1.165) is 11.1 Å². The Morgan fingerprint density at radius 2 is 1.80 bits per heavy atom. The number of benzene rings is 2. The number of amides is 1. The zero-order chi connectivity index (χ0) is 14.5. The van der Waals surface area contributed by atoms with Gasteiger partial charge in [-0.25, -0.2) is 0 Å². The topological polar surface area (TPSA) is 75.4 Å². The molecular weight excluding hydrogens is 276 g/mol. The molecule has 0 atom stereocenters. The minimum Gasteiger partial charge on any atom is -0.397 e. The number of aliphatic hydroxyl groups excluding tert-OH is 1. The minimum absolute atomic E-state index is 0.00564. The van der Waals surface area contributed by atoms with E-state index in [1.165, 1.54) is 0 Å². The first-order valence-electron chi connectivity index (χ1n) is 6.12. The molecule has 2 aromatic rings. The van der Waals surface area contributed by atoms with E-state index in [4.69, 9.17) is 22.4 Å². The van der Waals surface area contributed by atoms with Crippen LogP contribution in [-0.4, -0.2) is 11.0 Å². The van der Waals surface area contributed by atoms with Crippen LogP contribution in [0.25, 0.3) is 0 Å². The van der Waals surface area contributed by atoms with E-state index >= 15 is 0 Å². The lowest BCUT2D eigenvalue weighted by atomic mass is 10.1. The number of para-hydroxylation sites is 1. The number of aliphatic hydroxyl groups is 1. The van der Waals surface area contributed by atoms with Gasteiger partial charge in [-0.1, -0.05) is 41.9 Å². The number of nitrogens with two attached hydrogens (primary N) is 1. The maximum atomic E-state index is 12.0. The van der Waals surface area contributed by atoms with Gasteiger partial charge in [0.05, 0.1) is 22.9 Å². The van der Waals surface area contributed by atoms with E-state index in [1.54, 1.807) is 18.2 Å². The highest BCUT2D eigenvalue weighted by Gasteiger charge is 2.11. The van der Waals surface area contributed by atoms with Crippen LogP contribution in [0.2, 0.25) is 5.02 Å². The fourth-order valence-corrected chi connectivity index (χ4v) is 1.95. The van der Waals surface area contributed by atoms with E-state index in [1.807, 2.05) is 24.3 Å². The lowest BCUT2D eigenvalue weighted by Gasteiger charge is -2.09. The number of rotatable bonds is 4. The number of hydrogen-bond acceptors (Lipinski definition) is 3. The summed E-state index contributed by atoms with van der Waals surface area (Å²) in [5, 5.41) is 12.1. The van der Waals surface area contributed by atoms with Gasteiger partial charge in [0, 0.05) is 6.54 Å². The second-order valence-corrected chi connectivity index (χ2v) is 4.77. The van der Waals surface area contributed by atoms with Crippen molar-refractivity contribution in [3.8, 4) is 0 Å². The van der Waals surface area contributed by atoms with Crippen molar-refractivity contribution in [2.75, 3.05) is 5.73 Å². The lowest BCUT2D eigenvalue weighted by Crippen LogP contribution is -2.23. The Balaban J connectivity index is 2.02. The quantitative estimate of drug-likeness (QED) is 0.757. The molecule has 0 heterocycles. The van der Waals surface area contributed by atoms with Gasteiger partial charge in [-0.2, -0.15) is 0 Å². The third-order valence-electron chi connectivity index (χ3n) is 2.96. The molecule has 4 nitrogen and oxygen atoms in total. The molecule has 104 valence electrons. The molecule has 0 saturated heterocycles. The average molecular weight is 291 g/mol. The van der Waals surface area contributed by atoms with Gasteiger partial charge in [-0.05, 0) is 23.3 Å². The third-order valence-corrected chi connectivity index (χ3v) is 3.29. The van der Waals surface area contributed by atoms with Crippen molar-refractivity contribution in [2.45, 2.75) is 13.2 Å². The number of nitrogens with one attached hydrogen (secondary N) is 1. The van der Waals surface area contributed by atoms with Crippen LogP contribution in [0.1, 0.15) is 21.5 Å². The summed E-state index contributed by atoms with van der Waals surface area (Å²) >= 11 is 5.88. The number of carbonyl (C=O) groups excluding carboxylic acids is 1. The molecule has 0 unspecified atom stereocenters. The van der Waals surface area contributed by atoms with E-state index in [2.05, 4.69) is 5.32 Å². The van der Waals surface area contributed by atoms with E-state index in [0.29, 0.717) is 17.1 Å². The number of anilines is 1. The van der Waals surface area contributed by atoms with Crippen LogP contribution in [0.5, 0.6) is 0 Å². The summed E-state index contributed by atoms with van der Waals surface area (Å²) in [4.78, 5) is 12.0. The molecule has 2 rings (SSSR count). The van der Waals surface area contributed by atoms with Crippen LogP contribution in [0.15, 0.2) is 42.5 Å². The highest BCUT2D eigenvalue weighted by Crippen LogP contribution is 2.22. The summed E-state index contributed by atoms with van der Waals surface area (Å²) in [6, 6.07) is 12.3. The summed E-state index contributed by atoms with van der Waals surface area (Å²) in [5.74, 6) is -0.267. The Hall–Kier alpha value is -2.04. The Bertz CT molecular complexity index is 612. The monoisotopic (exact) mass is 290 g/mol. The van der Waals surface area contributed by atoms with Gasteiger partial charge in [0.15, 0.2) is 0 Å². The van der Waals surface area contributed by atoms with Gasteiger partial charge in [-0.3, -0.25) is 4.79 Å². The average Bonchev–Trinajstić information content (AvgIpc) is 2.48. The van der Waals surface area contributed by atoms with Crippen LogP contribution in [-0.2, 0) is 13.2 Å². The summed E-state index contributed by atoms with van der Waals surface area (Å²) in [5.41, 5.74) is 8.19. The van der Waals surface area contributed by atoms with Gasteiger partial charge in [0.2, 0.25) is 0 Å². The fraction of sp³-hybridized carbons (Fsp3) is 0.133. The van der Waals surface area contributed by atoms with Crippen LogP contribution in [0.4, 0.5) is 5.69 Å². The molecule has 0 radical (unpaired) electrons. The molecule has 2 aromatic carbocycles. The maximum absolute atomic E-state index is 12.0. The Morgan fingerprint density at radius 1 is 1.15 bits per heavy atom. The van der Waals surface area contributed by atoms with Crippen molar-refractivity contribution in [2.24, 2.45) is 0 Å². The summed E-state index contributed by atoms with van der Waals surface area (Å²) in [6.07, 6.45) is 0. The molecule has 0 aliphatic heterocycles. The molecule has 0 bridgehead atoms. The maximum Gasteiger partial charge on any atom is 0.253 e. The summed E-state index contributed by atoms with van der Waals surface area (Å²) in [6.45, 7) is 0.391. The Kier molecular flexibility index (Phi) is 4.61. The minimum atomic E-state index is -0.267.